The Kier molecular flexibility index (Phi) is 6.28. The third kappa shape index (κ3) is 4.45. The molecule has 2 aromatic heterocycles. The highest BCUT2D eigenvalue weighted by molar-refractivity contribution is 7.98. The molecule has 0 radical (unpaired) electrons. The van der Waals surface area contributed by atoms with E-state index in [1.165, 1.54) is 29.4 Å². The average Bonchev–Trinajstić information content (AvgIpc) is 3.29. The van der Waals surface area contributed by atoms with E-state index >= 15 is 0 Å². The highest BCUT2D eigenvalue weighted by Gasteiger charge is 2.26. The number of piperidine rings is 1. The number of carbonyl (C=O) groups excluding carboxylic acids is 1. The first kappa shape index (κ1) is 21.9. The van der Waals surface area contributed by atoms with E-state index in [9.17, 15) is 9.18 Å². The normalized spacial score (nSPS) is 14.5. The molecule has 0 N–H and O–H groups in total. The lowest BCUT2D eigenvalue weighted by Crippen LogP contribution is -2.41. The quantitative estimate of drug-likeness (QED) is 0.334. The third-order valence-corrected chi connectivity index (χ3v) is 7.50. The van der Waals surface area contributed by atoms with Gasteiger partial charge in [0.15, 0.2) is 0 Å². The van der Waals surface area contributed by atoms with Crippen molar-refractivity contribution in [3.8, 4) is 17.0 Å². The topological polar surface area (TPSA) is 55.3 Å². The third-order valence-electron chi connectivity index (χ3n) is 5.82. The molecule has 1 aliphatic heterocycles. The Balaban J connectivity index is 1.31. The maximum atomic E-state index is 14.7. The average molecular weight is 480 g/mol. The molecule has 0 saturated carbocycles. The first-order valence-electron chi connectivity index (χ1n) is 10.7. The summed E-state index contributed by atoms with van der Waals surface area (Å²) < 4.78 is 21.8. The van der Waals surface area contributed by atoms with Crippen LogP contribution in [-0.2, 0) is 0 Å². The van der Waals surface area contributed by atoms with E-state index in [0.29, 0.717) is 35.6 Å². The molecular weight excluding hydrogens is 457 g/mol. The number of hydrogen-bond donors (Lipinski definition) is 0. The van der Waals surface area contributed by atoms with Gasteiger partial charge < -0.3 is 9.64 Å². The van der Waals surface area contributed by atoms with Crippen LogP contribution < -0.4 is 4.74 Å². The molecular formula is C25H22FN3O2S2. The number of thiophene rings is 1. The zero-order valence-corrected chi connectivity index (χ0v) is 19.7. The number of likely N-dealkylation sites (tertiary alicyclic amines) is 1. The molecule has 0 atom stereocenters. The summed E-state index contributed by atoms with van der Waals surface area (Å²) in [6, 6.07) is 14.6. The van der Waals surface area contributed by atoms with E-state index in [1.807, 2.05) is 52.9 Å². The Morgan fingerprint density at radius 1 is 1.12 bits per heavy atom. The van der Waals surface area contributed by atoms with E-state index in [1.54, 1.807) is 12.1 Å². The van der Waals surface area contributed by atoms with Crippen LogP contribution in [0.5, 0.6) is 5.88 Å². The van der Waals surface area contributed by atoms with Crippen LogP contribution in [0.25, 0.3) is 21.3 Å². The molecule has 1 fully saturated rings. The Hall–Kier alpha value is -2.97. The summed E-state index contributed by atoms with van der Waals surface area (Å²) in [5.74, 6) is 0.305. The fraction of sp³-hybridized carbons (Fsp3) is 0.240. The van der Waals surface area contributed by atoms with Crippen LogP contribution in [0, 0.1) is 5.82 Å². The summed E-state index contributed by atoms with van der Waals surface area (Å²) >= 11 is 2.97. The van der Waals surface area contributed by atoms with Crippen molar-refractivity contribution in [3.05, 3.63) is 71.6 Å². The summed E-state index contributed by atoms with van der Waals surface area (Å²) in [6.45, 7) is 1.27. The number of benzene rings is 2. The fourth-order valence-electron chi connectivity index (χ4n) is 4.04. The number of hydrogen-bond acceptors (Lipinski definition) is 6. The number of carbonyl (C=O) groups is 1. The summed E-state index contributed by atoms with van der Waals surface area (Å²) in [5.41, 5.74) is 2.67. The van der Waals surface area contributed by atoms with Gasteiger partial charge >= 0.3 is 0 Å². The minimum absolute atomic E-state index is 0.0360. The standard InChI is InChI=1S/C25H22FN3O2S2/c1-32-18-7-8-19(21(26)13-18)20-14-33-23-22(20)27-15-28-24(23)31-17-9-11-29(12-10-17)25(30)16-5-3-2-4-6-16/h2-8,13-15,17H,9-12H2,1H3. The van der Waals surface area contributed by atoms with Crippen molar-refractivity contribution in [2.75, 3.05) is 19.3 Å². The van der Waals surface area contributed by atoms with Gasteiger partial charge in [0.1, 0.15) is 22.9 Å². The van der Waals surface area contributed by atoms with Crippen LogP contribution in [0.1, 0.15) is 23.2 Å². The highest BCUT2D eigenvalue weighted by atomic mass is 32.2. The van der Waals surface area contributed by atoms with Crippen LogP contribution in [0.3, 0.4) is 0 Å². The van der Waals surface area contributed by atoms with Crippen LogP contribution >= 0.6 is 23.1 Å². The predicted molar refractivity (Wildman–Crippen MR) is 131 cm³/mol. The smallest absolute Gasteiger partial charge is 0.253 e. The molecule has 168 valence electrons. The van der Waals surface area contributed by atoms with E-state index in [0.717, 1.165) is 28.0 Å². The molecule has 0 aliphatic carbocycles. The zero-order chi connectivity index (χ0) is 22.8. The van der Waals surface area contributed by atoms with Crippen molar-refractivity contribution in [1.29, 1.82) is 0 Å². The Morgan fingerprint density at radius 2 is 1.91 bits per heavy atom. The number of fused-ring (bicyclic) bond motifs is 1. The van der Waals surface area contributed by atoms with Crippen molar-refractivity contribution in [2.45, 2.75) is 23.8 Å². The molecule has 5 rings (SSSR count). The summed E-state index contributed by atoms with van der Waals surface area (Å²) in [5, 5.41) is 1.91. The number of nitrogens with zero attached hydrogens (tertiary/aromatic N) is 3. The maximum absolute atomic E-state index is 14.7. The predicted octanol–water partition coefficient (Wildman–Crippen LogP) is 5.90. The molecule has 5 nitrogen and oxygen atoms in total. The van der Waals surface area contributed by atoms with Crippen LogP contribution in [0.2, 0.25) is 0 Å². The summed E-state index contributed by atoms with van der Waals surface area (Å²) in [6.07, 6.45) is 4.81. The number of halogens is 1. The van der Waals surface area contributed by atoms with Gasteiger partial charge in [0.05, 0.1) is 5.52 Å². The minimum atomic E-state index is -0.266. The molecule has 4 aromatic rings. The van der Waals surface area contributed by atoms with Crippen molar-refractivity contribution in [3.63, 3.8) is 0 Å². The molecule has 0 bridgehead atoms. The lowest BCUT2D eigenvalue weighted by molar-refractivity contribution is 0.0591. The highest BCUT2D eigenvalue weighted by Crippen LogP contribution is 2.38. The van der Waals surface area contributed by atoms with Crippen molar-refractivity contribution < 1.29 is 13.9 Å². The second-order valence-corrected chi connectivity index (χ2v) is 9.59. The molecule has 8 heteroatoms. The Labute approximate surface area is 199 Å². The van der Waals surface area contributed by atoms with Crippen LogP contribution in [-0.4, -0.2) is 46.2 Å². The molecule has 3 heterocycles. The monoisotopic (exact) mass is 479 g/mol. The Bertz CT molecular complexity index is 1290. The first-order chi connectivity index (χ1) is 16.1. The molecule has 2 aromatic carbocycles. The van der Waals surface area contributed by atoms with Gasteiger partial charge in [0, 0.05) is 52.9 Å². The van der Waals surface area contributed by atoms with Gasteiger partial charge in [-0.05, 0) is 30.5 Å². The number of amides is 1. The molecule has 0 unspecified atom stereocenters. The number of thioether (sulfide) groups is 1. The van der Waals surface area contributed by atoms with Crippen molar-refractivity contribution in [1.82, 2.24) is 14.9 Å². The largest absolute Gasteiger partial charge is 0.473 e. The van der Waals surface area contributed by atoms with E-state index in [2.05, 4.69) is 9.97 Å². The maximum Gasteiger partial charge on any atom is 0.253 e. The van der Waals surface area contributed by atoms with Gasteiger partial charge in [-0.2, -0.15) is 0 Å². The van der Waals surface area contributed by atoms with Gasteiger partial charge in [-0.1, -0.05) is 24.3 Å². The van der Waals surface area contributed by atoms with E-state index in [4.69, 9.17) is 4.74 Å². The molecule has 0 spiro atoms. The number of rotatable bonds is 5. The lowest BCUT2D eigenvalue weighted by atomic mass is 10.1. The minimum Gasteiger partial charge on any atom is -0.473 e. The SMILES string of the molecule is CSc1ccc(-c2csc3c(OC4CCN(C(=O)c5ccccc5)CC4)ncnc23)c(F)c1. The number of ether oxygens (including phenoxy) is 1. The first-order valence-corrected chi connectivity index (χ1v) is 12.8. The van der Waals surface area contributed by atoms with Crippen LogP contribution in [0.15, 0.2) is 65.1 Å². The fourth-order valence-corrected chi connectivity index (χ4v) is 5.42. The number of aromatic nitrogens is 2. The van der Waals surface area contributed by atoms with Crippen molar-refractivity contribution in [2.24, 2.45) is 0 Å². The van der Waals surface area contributed by atoms with Crippen molar-refractivity contribution >= 4 is 39.2 Å². The molecule has 1 saturated heterocycles. The zero-order valence-electron chi connectivity index (χ0n) is 18.0. The van der Waals surface area contributed by atoms with Gasteiger partial charge in [-0.15, -0.1) is 23.1 Å². The van der Waals surface area contributed by atoms with Gasteiger partial charge in [-0.25, -0.2) is 14.4 Å². The molecule has 1 aliphatic rings. The van der Waals surface area contributed by atoms with E-state index in [-0.39, 0.29) is 17.8 Å². The van der Waals surface area contributed by atoms with Gasteiger partial charge in [-0.3, -0.25) is 4.79 Å². The van der Waals surface area contributed by atoms with E-state index < -0.39 is 0 Å². The summed E-state index contributed by atoms with van der Waals surface area (Å²) in [7, 11) is 0. The lowest BCUT2D eigenvalue weighted by Gasteiger charge is -2.32. The molecule has 33 heavy (non-hydrogen) atoms. The van der Waals surface area contributed by atoms with Gasteiger partial charge in [0.2, 0.25) is 5.88 Å². The second-order valence-electron chi connectivity index (χ2n) is 7.83. The van der Waals surface area contributed by atoms with Gasteiger partial charge in [0.25, 0.3) is 5.91 Å². The second kappa shape index (κ2) is 9.49. The van der Waals surface area contributed by atoms with Crippen LogP contribution in [0.4, 0.5) is 4.39 Å². The Morgan fingerprint density at radius 3 is 2.64 bits per heavy atom. The summed E-state index contributed by atoms with van der Waals surface area (Å²) in [4.78, 5) is 24.2. The molecule has 1 amide bonds.